The molecule has 2 rings (SSSR count). The normalized spacial score (nSPS) is 9.50. The Hall–Kier alpha value is -1.77. The van der Waals surface area contributed by atoms with Crippen LogP contribution in [0.15, 0.2) is 24.3 Å². The molecular formula is C13H16N2O. The van der Waals surface area contributed by atoms with E-state index in [-0.39, 0.29) is 5.78 Å². The highest BCUT2D eigenvalue weighted by Gasteiger charge is 1.98. The second-order valence-corrected chi connectivity index (χ2v) is 3.79. The number of nitrogens with zero attached hydrogens (tertiary/aromatic N) is 2. The molecule has 2 aromatic rings. The number of hydrogen-bond acceptors (Lipinski definition) is 3. The number of rotatable bonds is 0. The lowest BCUT2D eigenvalue weighted by molar-refractivity contribution is -0.114. The molecule has 0 aliphatic heterocycles. The summed E-state index contributed by atoms with van der Waals surface area (Å²) in [7, 11) is 0. The van der Waals surface area contributed by atoms with Crippen molar-refractivity contribution < 1.29 is 4.79 Å². The second kappa shape index (κ2) is 5.35. The molecule has 1 heterocycles. The van der Waals surface area contributed by atoms with Gasteiger partial charge in [-0.3, -0.25) is 0 Å². The predicted octanol–water partition coefficient (Wildman–Crippen LogP) is 2.84. The topological polar surface area (TPSA) is 42.9 Å². The van der Waals surface area contributed by atoms with Gasteiger partial charge in [0.1, 0.15) is 5.78 Å². The number of benzene rings is 1. The van der Waals surface area contributed by atoms with Crippen molar-refractivity contribution in [3.8, 4) is 0 Å². The largest absolute Gasteiger partial charge is 0.300 e. The van der Waals surface area contributed by atoms with Crippen LogP contribution in [-0.2, 0) is 4.79 Å². The Labute approximate surface area is 95.5 Å². The minimum Gasteiger partial charge on any atom is -0.300 e. The molecule has 0 N–H and O–H groups in total. The quantitative estimate of drug-likeness (QED) is 0.680. The van der Waals surface area contributed by atoms with E-state index < -0.39 is 0 Å². The van der Waals surface area contributed by atoms with Gasteiger partial charge in [0.15, 0.2) is 0 Å². The number of fused-ring (bicyclic) bond motifs is 1. The standard InChI is InChI=1S/C10H10N2.C3H6O/c1-7-8(2)12-10-6-4-3-5-9(10)11-7;1-3(2)4/h3-6H,1-2H3;1-2H3. The van der Waals surface area contributed by atoms with Crippen LogP contribution < -0.4 is 0 Å². The van der Waals surface area contributed by atoms with Crippen molar-refractivity contribution in [3.05, 3.63) is 35.7 Å². The highest BCUT2D eigenvalue weighted by molar-refractivity contribution is 5.74. The third kappa shape index (κ3) is 3.42. The molecule has 0 spiro atoms. The van der Waals surface area contributed by atoms with Gasteiger partial charge in [0.05, 0.1) is 22.4 Å². The van der Waals surface area contributed by atoms with Gasteiger partial charge in [0.25, 0.3) is 0 Å². The molecule has 3 heteroatoms. The molecule has 0 unspecified atom stereocenters. The number of aryl methyl sites for hydroxylation is 2. The summed E-state index contributed by atoms with van der Waals surface area (Å²) >= 11 is 0. The SMILES string of the molecule is CC(C)=O.Cc1nc2ccccc2nc1C. The van der Waals surface area contributed by atoms with E-state index >= 15 is 0 Å². The molecule has 0 radical (unpaired) electrons. The Morgan fingerprint density at radius 2 is 1.25 bits per heavy atom. The number of ketones is 1. The molecule has 3 nitrogen and oxygen atoms in total. The summed E-state index contributed by atoms with van der Waals surface area (Å²) < 4.78 is 0. The summed E-state index contributed by atoms with van der Waals surface area (Å²) in [5.74, 6) is 0.167. The molecule has 0 atom stereocenters. The molecule has 0 fully saturated rings. The molecule has 16 heavy (non-hydrogen) atoms. The maximum atomic E-state index is 9.44. The van der Waals surface area contributed by atoms with Crippen molar-refractivity contribution in [2.24, 2.45) is 0 Å². The summed E-state index contributed by atoms with van der Waals surface area (Å²) in [5.41, 5.74) is 3.96. The smallest absolute Gasteiger partial charge is 0.126 e. The van der Waals surface area contributed by atoms with Crippen LogP contribution >= 0.6 is 0 Å². The van der Waals surface area contributed by atoms with Gasteiger partial charge in [-0.1, -0.05) is 12.1 Å². The van der Waals surface area contributed by atoms with Crippen molar-refractivity contribution in [3.63, 3.8) is 0 Å². The number of carbonyl (C=O) groups excluding carboxylic acids is 1. The van der Waals surface area contributed by atoms with Gasteiger partial charge < -0.3 is 4.79 Å². The van der Waals surface area contributed by atoms with Crippen molar-refractivity contribution in [2.75, 3.05) is 0 Å². The van der Waals surface area contributed by atoms with Gasteiger partial charge in [0.2, 0.25) is 0 Å². The Kier molecular flexibility index (Phi) is 4.11. The van der Waals surface area contributed by atoms with Crippen LogP contribution in [0.3, 0.4) is 0 Å². The van der Waals surface area contributed by atoms with E-state index in [4.69, 9.17) is 0 Å². The first-order chi connectivity index (χ1) is 7.50. The first kappa shape index (κ1) is 12.3. The summed E-state index contributed by atoms with van der Waals surface area (Å²) in [5, 5.41) is 0. The Morgan fingerprint density at radius 3 is 1.56 bits per heavy atom. The molecular weight excluding hydrogens is 200 g/mol. The van der Waals surface area contributed by atoms with E-state index in [9.17, 15) is 4.79 Å². The number of aromatic nitrogens is 2. The van der Waals surface area contributed by atoms with Gasteiger partial charge in [-0.05, 0) is 39.8 Å². The number of para-hydroxylation sites is 2. The number of carbonyl (C=O) groups is 1. The van der Waals surface area contributed by atoms with Crippen LogP contribution in [0, 0.1) is 13.8 Å². The zero-order valence-electron chi connectivity index (χ0n) is 10.1. The molecule has 0 aliphatic rings. The van der Waals surface area contributed by atoms with Gasteiger partial charge >= 0.3 is 0 Å². The van der Waals surface area contributed by atoms with E-state index in [1.54, 1.807) is 0 Å². The third-order valence-corrected chi connectivity index (χ3v) is 1.98. The van der Waals surface area contributed by atoms with Gasteiger partial charge in [-0.2, -0.15) is 0 Å². The van der Waals surface area contributed by atoms with Crippen LogP contribution in [0.25, 0.3) is 11.0 Å². The van der Waals surface area contributed by atoms with Crippen LogP contribution in [0.2, 0.25) is 0 Å². The molecule has 1 aromatic heterocycles. The van der Waals surface area contributed by atoms with E-state index in [0.29, 0.717) is 0 Å². The number of Topliss-reactive ketones (excluding diaryl/α,β-unsaturated/α-hetero) is 1. The molecule has 1 aromatic carbocycles. The Morgan fingerprint density at radius 1 is 0.938 bits per heavy atom. The summed E-state index contributed by atoms with van der Waals surface area (Å²) in [6, 6.07) is 7.92. The lowest BCUT2D eigenvalue weighted by Crippen LogP contribution is -1.92. The van der Waals surface area contributed by atoms with Crippen molar-refractivity contribution >= 4 is 16.8 Å². The molecule has 0 saturated heterocycles. The summed E-state index contributed by atoms with van der Waals surface area (Å²) in [6.07, 6.45) is 0. The fourth-order valence-electron chi connectivity index (χ4n) is 1.18. The average molecular weight is 216 g/mol. The third-order valence-electron chi connectivity index (χ3n) is 1.98. The van der Waals surface area contributed by atoms with Gasteiger partial charge in [-0.25, -0.2) is 9.97 Å². The van der Waals surface area contributed by atoms with Crippen LogP contribution in [-0.4, -0.2) is 15.8 Å². The minimum absolute atomic E-state index is 0.167. The fraction of sp³-hybridized carbons (Fsp3) is 0.308. The van der Waals surface area contributed by atoms with Crippen LogP contribution in [0.1, 0.15) is 25.2 Å². The van der Waals surface area contributed by atoms with Crippen molar-refractivity contribution in [2.45, 2.75) is 27.7 Å². The summed E-state index contributed by atoms with van der Waals surface area (Å²) in [4.78, 5) is 18.3. The molecule has 0 amide bonds. The monoisotopic (exact) mass is 216 g/mol. The predicted molar refractivity (Wildman–Crippen MR) is 65.4 cm³/mol. The van der Waals surface area contributed by atoms with Gasteiger partial charge in [-0.15, -0.1) is 0 Å². The van der Waals surface area contributed by atoms with Crippen molar-refractivity contribution in [1.29, 1.82) is 0 Å². The molecule has 0 saturated carbocycles. The van der Waals surface area contributed by atoms with E-state index in [0.717, 1.165) is 22.4 Å². The molecule has 0 aliphatic carbocycles. The molecule has 84 valence electrons. The molecule has 0 bridgehead atoms. The van der Waals surface area contributed by atoms with Crippen LogP contribution in [0.5, 0.6) is 0 Å². The van der Waals surface area contributed by atoms with E-state index in [1.165, 1.54) is 13.8 Å². The second-order valence-electron chi connectivity index (χ2n) is 3.79. The van der Waals surface area contributed by atoms with Gasteiger partial charge in [0, 0.05) is 0 Å². The highest BCUT2D eigenvalue weighted by atomic mass is 16.1. The lowest BCUT2D eigenvalue weighted by atomic mass is 10.2. The first-order valence-corrected chi connectivity index (χ1v) is 5.18. The lowest BCUT2D eigenvalue weighted by Gasteiger charge is -2.00. The number of hydrogen-bond donors (Lipinski definition) is 0. The van der Waals surface area contributed by atoms with Crippen molar-refractivity contribution in [1.82, 2.24) is 9.97 Å². The highest BCUT2D eigenvalue weighted by Crippen LogP contribution is 2.10. The fourth-order valence-corrected chi connectivity index (χ4v) is 1.18. The Balaban J connectivity index is 0.000000280. The zero-order valence-corrected chi connectivity index (χ0v) is 10.1. The Bertz CT molecular complexity index is 462. The van der Waals surface area contributed by atoms with E-state index in [1.807, 2.05) is 38.1 Å². The summed E-state index contributed by atoms with van der Waals surface area (Å²) in [6.45, 7) is 7.02. The van der Waals surface area contributed by atoms with E-state index in [2.05, 4.69) is 9.97 Å². The van der Waals surface area contributed by atoms with Crippen LogP contribution in [0.4, 0.5) is 0 Å². The first-order valence-electron chi connectivity index (χ1n) is 5.18. The maximum Gasteiger partial charge on any atom is 0.126 e. The average Bonchev–Trinajstić information content (AvgIpc) is 2.19. The zero-order chi connectivity index (χ0) is 12.1. The maximum absolute atomic E-state index is 9.44. The minimum atomic E-state index is 0.167.